The van der Waals surface area contributed by atoms with E-state index in [9.17, 15) is 4.39 Å². The second-order valence-electron chi connectivity index (χ2n) is 3.33. The van der Waals surface area contributed by atoms with Crippen molar-refractivity contribution in [3.05, 3.63) is 29.0 Å². The summed E-state index contributed by atoms with van der Waals surface area (Å²) in [5.74, 6) is 1.96. The first-order valence-electron chi connectivity index (χ1n) is 4.55. The zero-order chi connectivity index (χ0) is 9.97. The molecule has 14 heavy (non-hydrogen) atoms. The highest BCUT2D eigenvalue weighted by atomic mass is 35.5. The Labute approximate surface area is 92.0 Å². The molecule has 0 amide bonds. The van der Waals surface area contributed by atoms with Crippen LogP contribution in [0.25, 0.3) is 0 Å². The number of rotatable bonds is 2. The summed E-state index contributed by atoms with van der Waals surface area (Å²) in [4.78, 5) is 0. The maximum absolute atomic E-state index is 12.8. The molecule has 1 saturated heterocycles. The predicted molar refractivity (Wildman–Crippen MR) is 60.8 cm³/mol. The van der Waals surface area contributed by atoms with Gasteiger partial charge in [0.05, 0.1) is 5.02 Å². The van der Waals surface area contributed by atoms with Gasteiger partial charge in [0.15, 0.2) is 0 Å². The van der Waals surface area contributed by atoms with Crippen molar-refractivity contribution in [1.82, 2.24) is 0 Å². The highest BCUT2D eigenvalue weighted by Crippen LogP contribution is 2.24. The Morgan fingerprint density at radius 3 is 3.00 bits per heavy atom. The Kier molecular flexibility index (Phi) is 3.19. The molecule has 4 heteroatoms. The van der Waals surface area contributed by atoms with E-state index in [1.165, 1.54) is 18.2 Å². The molecule has 76 valence electrons. The Morgan fingerprint density at radius 1 is 1.50 bits per heavy atom. The number of hydrogen-bond acceptors (Lipinski definition) is 2. The Bertz CT molecular complexity index is 326. The van der Waals surface area contributed by atoms with Gasteiger partial charge in [0.2, 0.25) is 0 Å². The molecule has 1 aromatic carbocycles. The molecule has 0 bridgehead atoms. The van der Waals surface area contributed by atoms with Crippen LogP contribution < -0.4 is 5.32 Å². The number of benzene rings is 1. The molecule has 1 fully saturated rings. The van der Waals surface area contributed by atoms with Gasteiger partial charge in [-0.3, -0.25) is 0 Å². The van der Waals surface area contributed by atoms with Crippen molar-refractivity contribution in [2.75, 3.05) is 16.8 Å². The SMILES string of the molecule is Fc1ccc(N[C@@H]2CCSC2)cc1Cl. The van der Waals surface area contributed by atoms with Gasteiger partial charge in [0, 0.05) is 17.5 Å². The fourth-order valence-corrected chi connectivity index (χ4v) is 2.80. The molecule has 0 aliphatic carbocycles. The summed E-state index contributed by atoms with van der Waals surface area (Å²) in [6.07, 6.45) is 1.17. The minimum Gasteiger partial charge on any atom is -0.381 e. The Balaban J connectivity index is 2.05. The molecule has 0 unspecified atom stereocenters. The average Bonchev–Trinajstić information content (AvgIpc) is 2.64. The summed E-state index contributed by atoms with van der Waals surface area (Å²) < 4.78 is 12.8. The van der Waals surface area contributed by atoms with Crippen LogP contribution in [-0.4, -0.2) is 17.5 Å². The van der Waals surface area contributed by atoms with Gasteiger partial charge in [0.25, 0.3) is 0 Å². The molecule has 1 nitrogen and oxygen atoms in total. The number of thioether (sulfide) groups is 1. The summed E-state index contributed by atoms with van der Waals surface area (Å²) in [7, 11) is 0. The van der Waals surface area contributed by atoms with Crippen molar-refractivity contribution in [2.45, 2.75) is 12.5 Å². The molecule has 1 aliphatic heterocycles. The van der Waals surface area contributed by atoms with E-state index in [4.69, 9.17) is 11.6 Å². The van der Waals surface area contributed by atoms with Crippen LogP contribution in [0.2, 0.25) is 5.02 Å². The lowest BCUT2D eigenvalue weighted by Crippen LogP contribution is -2.17. The second-order valence-corrected chi connectivity index (χ2v) is 4.89. The van der Waals surface area contributed by atoms with E-state index in [0.717, 1.165) is 11.4 Å². The molecule has 2 rings (SSSR count). The number of nitrogens with one attached hydrogen (secondary N) is 1. The van der Waals surface area contributed by atoms with Crippen molar-refractivity contribution in [2.24, 2.45) is 0 Å². The van der Waals surface area contributed by atoms with E-state index in [1.807, 2.05) is 11.8 Å². The van der Waals surface area contributed by atoms with E-state index in [1.54, 1.807) is 12.1 Å². The summed E-state index contributed by atoms with van der Waals surface area (Å²) >= 11 is 7.62. The first kappa shape index (κ1) is 10.1. The van der Waals surface area contributed by atoms with Gasteiger partial charge < -0.3 is 5.32 Å². The predicted octanol–water partition coefficient (Wildman–Crippen LogP) is 3.40. The zero-order valence-corrected chi connectivity index (χ0v) is 9.17. The van der Waals surface area contributed by atoms with Gasteiger partial charge in [-0.25, -0.2) is 4.39 Å². The van der Waals surface area contributed by atoms with Crippen LogP contribution in [0.3, 0.4) is 0 Å². The first-order valence-corrected chi connectivity index (χ1v) is 6.08. The molecule has 0 saturated carbocycles. The molecule has 1 aromatic rings. The van der Waals surface area contributed by atoms with Crippen molar-refractivity contribution < 1.29 is 4.39 Å². The van der Waals surface area contributed by atoms with Gasteiger partial charge in [-0.2, -0.15) is 11.8 Å². The molecule has 1 heterocycles. The molecule has 0 aromatic heterocycles. The van der Waals surface area contributed by atoms with Crippen molar-refractivity contribution in [1.29, 1.82) is 0 Å². The maximum atomic E-state index is 12.8. The molecule has 0 spiro atoms. The number of hydrogen-bond donors (Lipinski definition) is 1. The lowest BCUT2D eigenvalue weighted by molar-refractivity contribution is 0.628. The molecular formula is C10H11ClFNS. The molecule has 1 N–H and O–H groups in total. The topological polar surface area (TPSA) is 12.0 Å². The molecule has 1 aliphatic rings. The van der Waals surface area contributed by atoms with E-state index >= 15 is 0 Å². The standard InChI is InChI=1S/C10H11ClFNS/c11-9-5-7(1-2-10(9)12)13-8-3-4-14-6-8/h1-2,5,8,13H,3-4,6H2/t8-/m1/s1. The van der Waals surface area contributed by atoms with Gasteiger partial charge in [-0.15, -0.1) is 0 Å². The monoisotopic (exact) mass is 231 g/mol. The van der Waals surface area contributed by atoms with Crippen molar-refractivity contribution >= 4 is 29.1 Å². The van der Waals surface area contributed by atoms with E-state index < -0.39 is 0 Å². The smallest absolute Gasteiger partial charge is 0.141 e. The number of anilines is 1. The zero-order valence-electron chi connectivity index (χ0n) is 7.59. The third-order valence-corrected chi connectivity index (χ3v) is 3.67. The van der Waals surface area contributed by atoms with Gasteiger partial charge in [-0.05, 0) is 30.4 Å². The van der Waals surface area contributed by atoms with Crippen LogP contribution in [0, 0.1) is 5.82 Å². The average molecular weight is 232 g/mol. The van der Waals surface area contributed by atoms with Crippen molar-refractivity contribution in [3.63, 3.8) is 0 Å². The van der Waals surface area contributed by atoms with Crippen LogP contribution in [0.1, 0.15) is 6.42 Å². The van der Waals surface area contributed by atoms with Crippen LogP contribution >= 0.6 is 23.4 Å². The fraction of sp³-hybridized carbons (Fsp3) is 0.400. The summed E-state index contributed by atoms with van der Waals surface area (Å²) in [5, 5.41) is 3.52. The Hall–Kier alpha value is -0.410. The van der Waals surface area contributed by atoms with Gasteiger partial charge >= 0.3 is 0 Å². The van der Waals surface area contributed by atoms with Crippen LogP contribution in [-0.2, 0) is 0 Å². The lowest BCUT2D eigenvalue weighted by atomic mass is 10.2. The normalized spacial score (nSPS) is 21.1. The second kappa shape index (κ2) is 4.41. The van der Waals surface area contributed by atoms with Crippen LogP contribution in [0.15, 0.2) is 18.2 Å². The van der Waals surface area contributed by atoms with Gasteiger partial charge in [-0.1, -0.05) is 11.6 Å². The summed E-state index contributed by atoms with van der Waals surface area (Å²) in [6, 6.07) is 5.26. The molecule has 0 radical (unpaired) electrons. The quantitative estimate of drug-likeness (QED) is 0.838. The minimum atomic E-state index is -0.363. The third kappa shape index (κ3) is 2.34. The third-order valence-electron chi connectivity index (χ3n) is 2.22. The fourth-order valence-electron chi connectivity index (χ4n) is 1.47. The van der Waals surface area contributed by atoms with Crippen molar-refractivity contribution in [3.8, 4) is 0 Å². The Morgan fingerprint density at radius 2 is 2.36 bits per heavy atom. The largest absolute Gasteiger partial charge is 0.381 e. The summed E-state index contributed by atoms with van der Waals surface area (Å²) in [6.45, 7) is 0. The highest BCUT2D eigenvalue weighted by molar-refractivity contribution is 7.99. The number of halogens is 2. The maximum Gasteiger partial charge on any atom is 0.141 e. The van der Waals surface area contributed by atoms with E-state index in [0.29, 0.717) is 6.04 Å². The first-order chi connectivity index (χ1) is 6.75. The molecule has 1 atom stereocenters. The summed E-state index contributed by atoms with van der Waals surface area (Å²) in [5.41, 5.74) is 0.906. The minimum absolute atomic E-state index is 0.181. The highest BCUT2D eigenvalue weighted by Gasteiger charge is 2.15. The van der Waals surface area contributed by atoms with E-state index in [2.05, 4.69) is 5.32 Å². The van der Waals surface area contributed by atoms with Crippen LogP contribution in [0.5, 0.6) is 0 Å². The van der Waals surface area contributed by atoms with Crippen LogP contribution in [0.4, 0.5) is 10.1 Å². The lowest BCUT2D eigenvalue weighted by Gasteiger charge is -2.12. The molecular weight excluding hydrogens is 221 g/mol. The van der Waals surface area contributed by atoms with Gasteiger partial charge in [0.1, 0.15) is 5.82 Å². The van der Waals surface area contributed by atoms with E-state index in [-0.39, 0.29) is 10.8 Å².